The zero-order chi connectivity index (χ0) is 22.2. The van der Waals surface area contributed by atoms with E-state index in [0.29, 0.717) is 11.8 Å². The Bertz CT molecular complexity index is 773. The molecule has 0 aromatic carbocycles. The summed E-state index contributed by atoms with van der Waals surface area (Å²) in [4.78, 5) is 12.8. The molecule has 1 aromatic heterocycles. The number of methoxy groups -OCH3 is 1. The Morgan fingerprint density at radius 1 is 1.33 bits per heavy atom. The summed E-state index contributed by atoms with van der Waals surface area (Å²) in [5, 5.41) is 2.33. The molecule has 3 rings (SSSR count). The first-order valence-electron chi connectivity index (χ1n) is 11.7. The van der Waals surface area contributed by atoms with Crippen LogP contribution < -0.4 is 5.32 Å². The molecule has 2 aliphatic rings. The minimum atomic E-state index is -0.372. The number of rotatable bonds is 6. The fraction of sp³-hybridized carbons (Fsp3) is 0.731. The van der Waals surface area contributed by atoms with Crippen LogP contribution in [0.1, 0.15) is 84.5 Å². The summed E-state index contributed by atoms with van der Waals surface area (Å²) in [6, 6.07) is 2.14. The van der Waals surface area contributed by atoms with Crippen LogP contribution in [0.15, 0.2) is 28.9 Å². The van der Waals surface area contributed by atoms with Gasteiger partial charge in [-0.25, -0.2) is 0 Å². The maximum absolute atomic E-state index is 12.8. The van der Waals surface area contributed by atoms with E-state index in [2.05, 4.69) is 52.6 Å². The number of furan rings is 1. The number of nitrogens with two attached hydrogens (primary N) is 1. The van der Waals surface area contributed by atoms with Gasteiger partial charge < -0.3 is 14.5 Å². The molecule has 0 bridgehead atoms. The van der Waals surface area contributed by atoms with Gasteiger partial charge in [0.15, 0.2) is 5.76 Å². The molecule has 4 nitrogen and oxygen atoms in total. The Morgan fingerprint density at radius 2 is 2.07 bits per heavy atom. The van der Waals surface area contributed by atoms with Gasteiger partial charge in [0.25, 0.3) is 0 Å². The average molecular weight is 417 g/mol. The van der Waals surface area contributed by atoms with E-state index in [9.17, 15) is 4.79 Å². The first kappa shape index (κ1) is 23.1. The third-order valence-electron chi connectivity index (χ3n) is 8.11. The van der Waals surface area contributed by atoms with Crippen LogP contribution in [0, 0.1) is 22.7 Å². The monoisotopic (exact) mass is 416 g/mol. The van der Waals surface area contributed by atoms with Crippen LogP contribution in [0.25, 0.3) is 0 Å². The van der Waals surface area contributed by atoms with E-state index >= 15 is 0 Å². The molecule has 0 saturated heterocycles. The summed E-state index contributed by atoms with van der Waals surface area (Å²) in [6.07, 6.45) is 9.17. The van der Waals surface area contributed by atoms with Crippen LogP contribution in [0.4, 0.5) is 0 Å². The number of hydrogen-bond acceptors (Lipinski definition) is 3. The molecule has 0 amide bonds. The molecule has 2 aliphatic carbocycles. The second-order valence-electron chi connectivity index (χ2n) is 11.3. The second kappa shape index (κ2) is 8.53. The summed E-state index contributed by atoms with van der Waals surface area (Å²) in [5.41, 5.74) is 2.61. The van der Waals surface area contributed by atoms with Crippen LogP contribution in [0.2, 0.25) is 0 Å². The van der Waals surface area contributed by atoms with Gasteiger partial charge in [0.1, 0.15) is 6.54 Å². The molecule has 4 heteroatoms. The van der Waals surface area contributed by atoms with Gasteiger partial charge in [0.05, 0.1) is 24.3 Å². The molecule has 0 aliphatic heterocycles. The Balaban J connectivity index is 1.77. The summed E-state index contributed by atoms with van der Waals surface area (Å²) < 4.78 is 11.1. The topological polar surface area (TPSA) is 56.0 Å². The van der Waals surface area contributed by atoms with Gasteiger partial charge in [-0.3, -0.25) is 4.79 Å². The van der Waals surface area contributed by atoms with Crippen molar-refractivity contribution in [2.24, 2.45) is 22.7 Å². The molecule has 4 atom stereocenters. The molecule has 168 valence electrons. The molecule has 1 aromatic rings. The van der Waals surface area contributed by atoms with Crippen molar-refractivity contribution in [3.8, 4) is 0 Å². The predicted molar refractivity (Wildman–Crippen MR) is 120 cm³/mol. The van der Waals surface area contributed by atoms with Gasteiger partial charge in [-0.05, 0) is 95.1 Å². The maximum Gasteiger partial charge on any atom is 0.311 e. The first-order valence-corrected chi connectivity index (χ1v) is 11.7. The first-order chi connectivity index (χ1) is 14.0. The molecule has 0 radical (unpaired) electrons. The van der Waals surface area contributed by atoms with Crippen molar-refractivity contribution in [2.45, 2.75) is 91.6 Å². The van der Waals surface area contributed by atoms with Crippen molar-refractivity contribution in [3.63, 3.8) is 0 Å². The van der Waals surface area contributed by atoms with Crippen molar-refractivity contribution in [1.82, 2.24) is 0 Å². The molecule has 2 N–H and O–H groups in total. The van der Waals surface area contributed by atoms with E-state index in [1.54, 1.807) is 0 Å². The smallest absolute Gasteiger partial charge is 0.311 e. The summed E-state index contributed by atoms with van der Waals surface area (Å²) in [5.74, 6) is 1.87. The van der Waals surface area contributed by atoms with Crippen molar-refractivity contribution in [1.29, 1.82) is 0 Å². The molecule has 2 saturated carbocycles. The van der Waals surface area contributed by atoms with Gasteiger partial charge in [0.2, 0.25) is 0 Å². The average Bonchev–Trinajstić information content (AvgIpc) is 3.11. The summed E-state index contributed by atoms with van der Waals surface area (Å²) >= 11 is 0. The van der Waals surface area contributed by atoms with Crippen molar-refractivity contribution < 1.29 is 19.3 Å². The van der Waals surface area contributed by atoms with Gasteiger partial charge in [0, 0.05) is 0 Å². The van der Waals surface area contributed by atoms with E-state index < -0.39 is 0 Å². The fourth-order valence-corrected chi connectivity index (χ4v) is 6.43. The maximum atomic E-state index is 12.8. The minimum Gasteiger partial charge on any atom is -0.469 e. The van der Waals surface area contributed by atoms with Crippen molar-refractivity contribution in [3.05, 3.63) is 35.8 Å². The Morgan fingerprint density at radius 3 is 2.73 bits per heavy atom. The Labute approximate surface area is 182 Å². The fourth-order valence-electron chi connectivity index (χ4n) is 6.43. The number of esters is 1. The molecule has 30 heavy (non-hydrogen) atoms. The summed E-state index contributed by atoms with van der Waals surface area (Å²) in [6.45, 7) is 16.6. The molecule has 1 heterocycles. The Hall–Kier alpha value is -1.55. The zero-order valence-electron chi connectivity index (χ0n) is 20.0. The van der Waals surface area contributed by atoms with Gasteiger partial charge in [-0.1, -0.05) is 25.5 Å². The number of carbonyl (C=O) groups excluding carboxylic acids is 1. The van der Waals surface area contributed by atoms with Gasteiger partial charge in [-0.2, -0.15) is 0 Å². The highest BCUT2D eigenvalue weighted by Crippen LogP contribution is 2.62. The predicted octanol–water partition coefficient (Wildman–Crippen LogP) is 5.03. The van der Waals surface area contributed by atoms with E-state index in [4.69, 9.17) is 9.15 Å². The van der Waals surface area contributed by atoms with Crippen LogP contribution in [-0.2, 0) is 22.5 Å². The lowest BCUT2D eigenvalue weighted by atomic mass is 9.46. The number of aryl methyl sites for hydroxylation is 1. The molecular weight excluding hydrogens is 374 g/mol. The van der Waals surface area contributed by atoms with E-state index in [0.717, 1.165) is 50.8 Å². The number of allylic oxidation sites excluding steroid dienone is 1. The van der Waals surface area contributed by atoms with Gasteiger partial charge in [-0.15, -0.1) is 0 Å². The van der Waals surface area contributed by atoms with E-state index in [-0.39, 0.29) is 22.3 Å². The SMILES string of the molecule is C=C1CC[C@H]2[C@](C)(CCC[C@@]2(C)C(=O)OC)[C@H]1CCc1ccoc1C[NH2+]C(C)(C)C. The number of quaternary nitrogens is 1. The number of hydrogen-bond donors (Lipinski definition) is 1. The highest BCUT2D eigenvalue weighted by Gasteiger charge is 2.57. The van der Waals surface area contributed by atoms with E-state index in [1.165, 1.54) is 24.7 Å². The van der Waals surface area contributed by atoms with Gasteiger partial charge >= 0.3 is 5.97 Å². The minimum absolute atomic E-state index is 0.0282. The van der Waals surface area contributed by atoms with Crippen LogP contribution in [-0.4, -0.2) is 18.6 Å². The van der Waals surface area contributed by atoms with Crippen LogP contribution in [0.5, 0.6) is 0 Å². The molecule has 0 unspecified atom stereocenters. The number of fused-ring (bicyclic) bond motifs is 1. The third-order valence-corrected chi connectivity index (χ3v) is 8.11. The third kappa shape index (κ3) is 4.39. The Kier molecular flexibility index (Phi) is 6.57. The molecular formula is C26H42NO3+. The van der Waals surface area contributed by atoms with Crippen molar-refractivity contribution >= 4 is 5.97 Å². The van der Waals surface area contributed by atoms with Crippen LogP contribution in [0.3, 0.4) is 0 Å². The molecule has 0 spiro atoms. The largest absolute Gasteiger partial charge is 0.469 e. The quantitative estimate of drug-likeness (QED) is 0.523. The standard InChI is InChI=1S/C26H41NO3/c1-18-9-12-22-25(5,14-8-15-26(22,6)23(28)29-7)20(18)11-10-19-13-16-30-21(19)17-27-24(2,3)4/h13,16,20,22,27H,1,8-12,14-15,17H2,2-7H3/p+1/t20-,22-,25+,26+/m0/s1. The zero-order valence-corrected chi connectivity index (χ0v) is 20.0. The lowest BCUT2D eigenvalue weighted by Gasteiger charge is -2.57. The second-order valence-corrected chi connectivity index (χ2v) is 11.3. The highest BCUT2D eigenvalue weighted by atomic mass is 16.5. The van der Waals surface area contributed by atoms with Crippen molar-refractivity contribution in [2.75, 3.05) is 7.11 Å². The van der Waals surface area contributed by atoms with Crippen LogP contribution >= 0.6 is 0 Å². The lowest BCUT2D eigenvalue weighted by molar-refractivity contribution is -0.733. The summed E-state index contributed by atoms with van der Waals surface area (Å²) in [7, 11) is 1.54. The lowest BCUT2D eigenvalue weighted by Crippen LogP contribution is -2.93. The molecule has 2 fully saturated rings. The number of ether oxygens (including phenoxy) is 1. The highest BCUT2D eigenvalue weighted by molar-refractivity contribution is 5.77. The van der Waals surface area contributed by atoms with E-state index in [1.807, 2.05) is 6.26 Å². The normalized spacial score (nSPS) is 32.0. The number of carbonyl (C=O) groups is 1.